The fourth-order valence-corrected chi connectivity index (χ4v) is 7.56. The van der Waals surface area contributed by atoms with Gasteiger partial charge in [-0.25, -0.2) is 4.79 Å². The smallest absolute Gasteiger partial charge is 0.329 e. The molecule has 5 atom stereocenters. The van der Waals surface area contributed by atoms with Crippen LogP contribution in [0.1, 0.15) is 137 Å². The number of esters is 1. The molecule has 2 heterocycles. The van der Waals surface area contributed by atoms with Crippen LogP contribution in [0.25, 0.3) is 0 Å². The van der Waals surface area contributed by atoms with Crippen molar-refractivity contribution in [2.45, 2.75) is 155 Å². The van der Waals surface area contributed by atoms with Crippen molar-refractivity contribution in [1.29, 1.82) is 0 Å². The molecule has 1 aromatic carbocycles. The van der Waals surface area contributed by atoms with Crippen molar-refractivity contribution < 1.29 is 23.9 Å². The second-order valence-corrected chi connectivity index (χ2v) is 15.7. The number of carbonyl (C=O) groups excluding carboxylic acids is 4. The van der Waals surface area contributed by atoms with E-state index < -0.39 is 12.1 Å². The molecular weight excluding hydrogens is 640 g/mol. The van der Waals surface area contributed by atoms with Gasteiger partial charge in [-0.15, -0.1) is 0 Å². The molecule has 2 aliphatic rings. The normalized spacial score (nSPS) is 20.3. The van der Waals surface area contributed by atoms with E-state index in [4.69, 9.17) is 4.74 Å². The lowest BCUT2D eigenvalue weighted by Crippen LogP contribution is -2.57. The number of nitrogens with one attached hydrogen (secondary N) is 1. The first-order valence-corrected chi connectivity index (χ1v) is 19.9. The van der Waals surface area contributed by atoms with Crippen LogP contribution in [-0.4, -0.2) is 89.7 Å². The zero-order valence-electron chi connectivity index (χ0n) is 33.0. The van der Waals surface area contributed by atoms with Crippen molar-refractivity contribution in [2.75, 3.05) is 27.2 Å². The predicted molar refractivity (Wildman–Crippen MR) is 205 cm³/mol. The quantitative estimate of drug-likeness (QED) is 0.0911. The average molecular weight is 709 g/mol. The molecule has 0 aromatic heterocycles. The van der Waals surface area contributed by atoms with Crippen LogP contribution in [-0.2, 0) is 23.9 Å². The molecule has 3 rings (SSSR count). The third-order valence-electron chi connectivity index (χ3n) is 10.8. The van der Waals surface area contributed by atoms with Crippen molar-refractivity contribution in [2.24, 2.45) is 11.8 Å². The maximum atomic E-state index is 14.0. The molecule has 51 heavy (non-hydrogen) atoms. The summed E-state index contributed by atoms with van der Waals surface area (Å²) >= 11 is 0. The second-order valence-electron chi connectivity index (χ2n) is 15.7. The first-order chi connectivity index (χ1) is 24.4. The van der Waals surface area contributed by atoms with Crippen LogP contribution in [0.5, 0.6) is 0 Å². The van der Waals surface area contributed by atoms with Gasteiger partial charge in [-0.05, 0) is 76.4 Å². The molecule has 1 aromatic rings. The summed E-state index contributed by atoms with van der Waals surface area (Å²) in [6.07, 6.45) is 14.7. The van der Waals surface area contributed by atoms with Gasteiger partial charge in [-0.3, -0.25) is 19.3 Å². The minimum atomic E-state index is -0.681. The van der Waals surface area contributed by atoms with Gasteiger partial charge >= 0.3 is 5.97 Å². The van der Waals surface area contributed by atoms with Crippen molar-refractivity contribution in [3.8, 4) is 0 Å². The highest BCUT2D eigenvalue weighted by Crippen LogP contribution is 2.29. The van der Waals surface area contributed by atoms with Gasteiger partial charge in [0, 0.05) is 19.2 Å². The molecular formula is C42H68N4O5. The molecule has 0 saturated carbocycles. The van der Waals surface area contributed by atoms with Gasteiger partial charge < -0.3 is 19.9 Å². The van der Waals surface area contributed by atoms with E-state index in [1.54, 1.807) is 23.8 Å². The number of amides is 3. The lowest BCUT2D eigenvalue weighted by Gasteiger charge is -2.36. The largest absolute Gasteiger partial charge is 0.456 e. The summed E-state index contributed by atoms with van der Waals surface area (Å²) in [5.74, 6) is -0.950. The highest BCUT2D eigenvalue weighted by Gasteiger charge is 2.38. The number of benzene rings is 1. The van der Waals surface area contributed by atoms with Gasteiger partial charge in [-0.2, -0.15) is 0 Å². The van der Waals surface area contributed by atoms with E-state index in [1.165, 1.54) is 32.1 Å². The summed E-state index contributed by atoms with van der Waals surface area (Å²) in [5.41, 5.74) is 1.47. The van der Waals surface area contributed by atoms with E-state index in [1.807, 2.05) is 71.2 Å². The van der Waals surface area contributed by atoms with Gasteiger partial charge in [0.15, 0.2) is 0 Å². The second kappa shape index (κ2) is 21.4. The van der Waals surface area contributed by atoms with Crippen molar-refractivity contribution in [1.82, 2.24) is 20.0 Å². The number of carbonyl (C=O) groups is 4. The average Bonchev–Trinajstić information content (AvgIpc) is 3.61. The summed E-state index contributed by atoms with van der Waals surface area (Å²) in [7, 11) is 3.71. The third-order valence-corrected chi connectivity index (χ3v) is 10.8. The Kier molecular flexibility index (Phi) is 17.7. The zero-order chi connectivity index (χ0) is 37.5. The molecule has 2 saturated heterocycles. The Morgan fingerprint density at radius 1 is 0.882 bits per heavy atom. The number of hydrogen-bond donors (Lipinski definition) is 1. The minimum absolute atomic E-state index is 0.00677. The van der Waals surface area contributed by atoms with Crippen LogP contribution in [0.2, 0.25) is 0 Å². The number of ether oxygens (including phenoxy) is 1. The summed E-state index contributed by atoms with van der Waals surface area (Å²) in [5, 5.41) is 3.06. The fourth-order valence-electron chi connectivity index (χ4n) is 7.56. The van der Waals surface area contributed by atoms with Crippen molar-refractivity contribution >= 4 is 23.7 Å². The van der Waals surface area contributed by atoms with E-state index in [-0.39, 0.29) is 53.7 Å². The highest BCUT2D eigenvalue weighted by molar-refractivity contribution is 5.96. The zero-order valence-corrected chi connectivity index (χ0v) is 33.0. The molecule has 9 nitrogen and oxygen atoms in total. The van der Waals surface area contributed by atoms with E-state index in [0.717, 1.165) is 57.1 Å². The molecule has 0 spiro atoms. The molecule has 2 aliphatic heterocycles. The number of rotatable bonds is 19. The molecule has 0 radical (unpaired) electrons. The number of likely N-dealkylation sites (N-methyl/N-ethyl adjacent to an activating group) is 2. The van der Waals surface area contributed by atoms with Gasteiger partial charge in [0.1, 0.15) is 18.2 Å². The predicted octanol–water partition coefficient (Wildman–Crippen LogP) is 7.46. The first kappa shape index (κ1) is 42.2. The molecule has 1 N–H and O–H groups in total. The SMILES string of the molecule is CCCCCCCCCC(OC(=O)C1CCCN1C(=O)/C(C)=C/C(C(C)C)N(C)C(=O)C(NC(=O)C1CCCCN1C)C(C)C)c1ccccc1. The van der Waals surface area contributed by atoms with Gasteiger partial charge in [0.2, 0.25) is 17.7 Å². The van der Waals surface area contributed by atoms with Crippen molar-refractivity contribution in [3.05, 3.63) is 47.5 Å². The molecule has 0 bridgehead atoms. The molecule has 286 valence electrons. The Morgan fingerprint density at radius 3 is 2.16 bits per heavy atom. The number of nitrogens with zero attached hydrogens (tertiary/aromatic N) is 3. The summed E-state index contributed by atoms with van der Waals surface area (Å²) in [6.45, 7) is 13.3. The van der Waals surface area contributed by atoms with E-state index in [2.05, 4.69) is 17.1 Å². The topological polar surface area (TPSA) is 99.3 Å². The highest BCUT2D eigenvalue weighted by atomic mass is 16.5. The number of hydrogen-bond acceptors (Lipinski definition) is 6. The number of likely N-dealkylation sites (tertiary alicyclic amines) is 2. The Morgan fingerprint density at radius 2 is 1.53 bits per heavy atom. The Balaban J connectivity index is 1.69. The Hall–Kier alpha value is -3.20. The summed E-state index contributed by atoms with van der Waals surface area (Å²) in [6, 6.07) is 8.00. The molecule has 3 amide bonds. The van der Waals surface area contributed by atoms with E-state index >= 15 is 0 Å². The molecule has 0 aliphatic carbocycles. The standard InChI is InChI=1S/C42H68N4O5/c1-9-10-11-12-13-14-18-26-37(33-22-16-15-17-23-33)51-42(50)35-25-21-28-46(35)40(48)32(6)29-36(30(2)3)45(8)41(49)38(31(4)5)43-39(47)34-24-19-20-27-44(34)7/h15-17,22-23,29-31,34-38H,9-14,18-21,24-28H2,1-8H3,(H,43,47)/b32-29+. The lowest BCUT2D eigenvalue weighted by atomic mass is 9.96. The van der Waals surface area contributed by atoms with Gasteiger partial charge in [0.05, 0.1) is 12.1 Å². The summed E-state index contributed by atoms with van der Waals surface area (Å²) < 4.78 is 6.20. The van der Waals surface area contributed by atoms with Crippen LogP contribution >= 0.6 is 0 Å². The molecule has 9 heteroatoms. The summed E-state index contributed by atoms with van der Waals surface area (Å²) in [4.78, 5) is 60.3. The minimum Gasteiger partial charge on any atom is -0.456 e. The number of unbranched alkanes of at least 4 members (excludes halogenated alkanes) is 6. The van der Waals surface area contributed by atoms with Crippen LogP contribution in [0.3, 0.4) is 0 Å². The van der Waals surface area contributed by atoms with Crippen LogP contribution in [0.15, 0.2) is 42.0 Å². The van der Waals surface area contributed by atoms with Crippen LogP contribution < -0.4 is 5.32 Å². The monoisotopic (exact) mass is 709 g/mol. The van der Waals surface area contributed by atoms with Crippen LogP contribution in [0, 0.1) is 11.8 Å². The fraction of sp³-hybridized carbons (Fsp3) is 0.714. The lowest BCUT2D eigenvalue weighted by molar-refractivity contribution is -0.158. The van der Waals surface area contributed by atoms with Gasteiger partial charge in [-0.1, -0.05) is 116 Å². The van der Waals surface area contributed by atoms with Crippen LogP contribution in [0.4, 0.5) is 0 Å². The van der Waals surface area contributed by atoms with E-state index in [0.29, 0.717) is 18.5 Å². The maximum absolute atomic E-state index is 14.0. The third kappa shape index (κ3) is 12.5. The molecule has 2 fully saturated rings. The van der Waals surface area contributed by atoms with Gasteiger partial charge in [0.25, 0.3) is 0 Å². The Labute approximate surface area is 308 Å². The molecule has 5 unspecified atom stereocenters. The maximum Gasteiger partial charge on any atom is 0.329 e. The van der Waals surface area contributed by atoms with Crippen molar-refractivity contribution in [3.63, 3.8) is 0 Å². The number of piperidine rings is 1. The Bertz CT molecular complexity index is 1280. The first-order valence-electron chi connectivity index (χ1n) is 19.9. The van der Waals surface area contributed by atoms with E-state index in [9.17, 15) is 19.2 Å².